The van der Waals surface area contributed by atoms with Crippen molar-refractivity contribution in [1.29, 1.82) is 0 Å². The van der Waals surface area contributed by atoms with E-state index in [1.165, 1.54) is 11.1 Å². The number of carbonyl (C=O) groups excluding carboxylic acids is 1. The van der Waals surface area contributed by atoms with Crippen LogP contribution in [0.3, 0.4) is 0 Å². The van der Waals surface area contributed by atoms with E-state index in [9.17, 15) is 4.79 Å². The maximum absolute atomic E-state index is 12.0. The van der Waals surface area contributed by atoms with Crippen LogP contribution in [0.25, 0.3) is 0 Å². The second kappa shape index (κ2) is 7.20. The van der Waals surface area contributed by atoms with Crippen LogP contribution in [-0.4, -0.2) is 5.78 Å². The minimum absolute atomic E-state index is 0.353. The third-order valence-electron chi connectivity index (χ3n) is 3.96. The van der Waals surface area contributed by atoms with E-state index in [0.717, 1.165) is 33.4 Å². The van der Waals surface area contributed by atoms with E-state index >= 15 is 0 Å². The first-order valence-corrected chi connectivity index (χ1v) is 8.01. The van der Waals surface area contributed by atoms with E-state index in [0.29, 0.717) is 0 Å². The summed E-state index contributed by atoms with van der Waals surface area (Å²) in [6.07, 6.45) is 0. The molecular formula is C23H22O. The second-order valence-corrected chi connectivity index (χ2v) is 6.38. The third-order valence-corrected chi connectivity index (χ3v) is 3.96. The standard InChI is InChI=1S/C23H22O/c1-15-11-17(3)22(18(4)12-15)9-7-21(24)8-10-23-19(5)13-16(2)14-20(23)6/h11-14H,1-6H3. The summed E-state index contributed by atoms with van der Waals surface area (Å²) in [5.74, 6) is 10.9. The van der Waals surface area contributed by atoms with Crippen molar-refractivity contribution in [3.63, 3.8) is 0 Å². The van der Waals surface area contributed by atoms with E-state index in [1.54, 1.807) is 0 Å². The molecule has 24 heavy (non-hydrogen) atoms. The van der Waals surface area contributed by atoms with Crippen LogP contribution < -0.4 is 0 Å². The number of Topliss-reactive ketones (excluding diaryl/α,β-unsaturated/α-hetero) is 1. The van der Waals surface area contributed by atoms with Crippen molar-refractivity contribution in [3.05, 3.63) is 68.8 Å². The molecule has 0 atom stereocenters. The minimum Gasteiger partial charge on any atom is -0.270 e. The van der Waals surface area contributed by atoms with Gasteiger partial charge in [0, 0.05) is 11.1 Å². The molecular weight excluding hydrogens is 292 g/mol. The smallest absolute Gasteiger partial charge is 0.270 e. The molecule has 2 rings (SSSR count). The van der Waals surface area contributed by atoms with Gasteiger partial charge in [-0.15, -0.1) is 0 Å². The summed E-state index contributed by atoms with van der Waals surface area (Å²) in [6.45, 7) is 12.2. The van der Waals surface area contributed by atoms with Gasteiger partial charge in [0.1, 0.15) is 0 Å². The van der Waals surface area contributed by atoms with Crippen molar-refractivity contribution < 1.29 is 4.79 Å². The first kappa shape index (κ1) is 17.6. The van der Waals surface area contributed by atoms with E-state index in [2.05, 4.69) is 61.8 Å². The van der Waals surface area contributed by atoms with Crippen molar-refractivity contribution in [2.75, 3.05) is 0 Å². The first-order chi connectivity index (χ1) is 11.3. The normalized spacial score (nSPS) is 9.58. The Balaban J connectivity index is 2.29. The molecule has 2 aromatic rings. The fourth-order valence-corrected chi connectivity index (χ4v) is 3.02. The zero-order valence-corrected chi connectivity index (χ0v) is 15.2. The highest BCUT2D eigenvalue weighted by Crippen LogP contribution is 2.16. The van der Waals surface area contributed by atoms with E-state index < -0.39 is 0 Å². The Morgan fingerprint density at radius 1 is 0.625 bits per heavy atom. The molecule has 0 bridgehead atoms. The highest BCUT2D eigenvalue weighted by Gasteiger charge is 2.02. The van der Waals surface area contributed by atoms with Gasteiger partial charge in [-0.3, -0.25) is 4.79 Å². The number of carbonyl (C=O) groups is 1. The second-order valence-electron chi connectivity index (χ2n) is 6.38. The number of hydrogen-bond acceptors (Lipinski definition) is 1. The number of rotatable bonds is 0. The van der Waals surface area contributed by atoms with Gasteiger partial charge in [0.2, 0.25) is 0 Å². The molecule has 120 valence electrons. The van der Waals surface area contributed by atoms with Crippen LogP contribution >= 0.6 is 0 Å². The van der Waals surface area contributed by atoms with Crippen LogP contribution in [-0.2, 0) is 4.79 Å². The highest BCUT2D eigenvalue weighted by molar-refractivity contribution is 6.09. The Morgan fingerprint density at radius 2 is 0.917 bits per heavy atom. The number of ketones is 1. The lowest BCUT2D eigenvalue weighted by molar-refractivity contribution is -0.108. The average Bonchev–Trinajstić information content (AvgIpc) is 2.44. The Morgan fingerprint density at radius 3 is 1.21 bits per heavy atom. The van der Waals surface area contributed by atoms with Gasteiger partial charge in [-0.25, -0.2) is 0 Å². The lowest BCUT2D eigenvalue weighted by atomic mass is 9.99. The molecule has 0 aliphatic rings. The number of hydrogen-bond donors (Lipinski definition) is 0. The zero-order chi connectivity index (χ0) is 17.9. The third kappa shape index (κ3) is 4.15. The van der Waals surface area contributed by atoms with Gasteiger partial charge in [-0.2, -0.15) is 0 Å². The van der Waals surface area contributed by atoms with Crippen LogP contribution in [0.15, 0.2) is 24.3 Å². The molecule has 0 heterocycles. The van der Waals surface area contributed by atoms with Crippen molar-refractivity contribution >= 4 is 5.78 Å². The van der Waals surface area contributed by atoms with Crippen molar-refractivity contribution in [1.82, 2.24) is 0 Å². The topological polar surface area (TPSA) is 17.1 Å². The van der Waals surface area contributed by atoms with E-state index in [4.69, 9.17) is 0 Å². The molecule has 1 nitrogen and oxygen atoms in total. The number of aryl methyl sites for hydroxylation is 6. The zero-order valence-electron chi connectivity index (χ0n) is 15.2. The molecule has 0 spiro atoms. The van der Waals surface area contributed by atoms with Crippen LogP contribution in [0.5, 0.6) is 0 Å². The summed E-state index contributed by atoms with van der Waals surface area (Å²) in [4.78, 5) is 12.0. The van der Waals surface area contributed by atoms with E-state index in [-0.39, 0.29) is 5.78 Å². The summed E-state index contributed by atoms with van der Waals surface area (Å²) in [5, 5.41) is 0. The van der Waals surface area contributed by atoms with Gasteiger partial charge >= 0.3 is 0 Å². The summed E-state index contributed by atoms with van der Waals surface area (Å²) in [6, 6.07) is 8.30. The summed E-state index contributed by atoms with van der Waals surface area (Å²) >= 11 is 0. The highest BCUT2D eigenvalue weighted by atomic mass is 16.1. The quantitative estimate of drug-likeness (QED) is 0.654. The molecule has 2 aromatic carbocycles. The summed E-state index contributed by atoms with van der Waals surface area (Å²) in [7, 11) is 0. The van der Waals surface area contributed by atoms with Crippen molar-refractivity contribution in [2.24, 2.45) is 0 Å². The summed E-state index contributed by atoms with van der Waals surface area (Å²) < 4.78 is 0. The van der Waals surface area contributed by atoms with Gasteiger partial charge in [0.05, 0.1) is 0 Å². The number of benzene rings is 2. The Hall–Kier alpha value is -2.77. The molecule has 0 radical (unpaired) electrons. The van der Waals surface area contributed by atoms with Gasteiger partial charge < -0.3 is 0 Å². The Kier molecular flexibility index (Phi) is 5.28. The molecule has 1 heteroatoms. The predicted octanol–water partition coefficient (Wildman–Crippen LogP) is 4.51. The maximum Gasteiger partial charge on any atom is 0.279 e. The van der Waals surface area contributed by atoms with Crippen molar-refractivity contribution in [2.45, 2.75) is 41.5 Å². The molecule has 0 saturated carbocycles. The molecule has 0 aliphatic carbocycles. The van der Waals surface area contributed by atoms with Gasteiger partial charge in [0.25, 0.3) is 5.78 Å². The van der Waals surface area contributed by atoms with Crippen LogP contribution in [0.4, 0.5) is 0 Å². The monoisotopic (exact) mass is 314 g/mol. The van der Waals surface area contributed by atoms with Crippen LogP contribution in [0.1, 0.15) is 44.5 Å². The predicted molar refractivity (Wildman–Crippen MR) is 100 cm³/mol. The molecule has 0 fully saturated rings. The fraction of sp³-hybridized carbons (Fsp3) is 0.261. The minimum atomic E-state index is -0.353. The van der Waals surface area contributed by atoms with Gasteiger partial charge in [-0.05, 0) is 75.6 Å². The van der Waals surface area contributed by atoms with Crippen molar-refractivity contribution in [3.8, 4) is 23.7 Å². The lowest BCUT2D eigenvalue weighted by Crippen LogP contribution is -1.94. The SMILES string of the molecule is Cc1cc(C)c(C#CC(=O)C#Cc2c(C)cc(C)cc2C)c(C)c1. The first-order valence-electron chi connectivity index (χ1n) is 8.01. The maximum atomic E-state index is 12.0. The molecule has 0 amide bonds. The van der Waals surface area contributed by atoms with Gasteiger partial charge in [0.15, 0.2) is 0 Å². The summed E-state index contributed by atoms with van der Waals surface area (Å²) in [5.41, 5.74) is 8.59. The Bertz CT molecular complexity index is 814. The molecule has 0 saturated heterocycles. The van der Waals surface area contributed by atoms with E-state index in [1.807, 2.05) is 27.7 Å². The van der Waals surface area contributed by atoms with Gasteiger partial charge in [-0.1, -0.05) is 47.2 Å². The Labute approximate surface area is 145 Å². The van der Waals surface area contributed by atoms with Crippen LogP contribution in [0, 0.1) is 65.2 Å². The largest absolute Gasteiger partial charge is 0.279 e. The molecule has 0 aromatic heterocycles. The lowest BCUT2D eigenvalue weighted by Gasteiger charge is -2.04. The average molecular weight is 314 g/mol. The molecule has 0 N–H and O–H groups in total. The van der Waals surface area contributed by atoms with Crippen LogP contribution in [0.2, 0.25) is 0 Å². The fourth-order valence-electron chi connectivity index (χ4n) is 3.02. The molecule has 0 unspecified atom stereocenters. The molecule has 0 aliphatic heterocycles.